The Kier molecular flexibility index (Phi) is 3.41. The van der Waals surface area contributed by atoms with E-state index >= 15 is 0 Å². The molecule has 0 spiro atoms. The number of hydrogen-bond acceptors (Lipinski definition) is 3. The lowest BCUT2D eigenvalue weighted by Gasteiger charge is -2.09. The molecule has 0 unspecified atom stereocenters. The van der Waals surface area contributed by atoms with Gasteiger partial charge in [-0.3, -0.25) is 4.79 Å². The molecule has 0 bridgehead atoms. The van der Waals surface area contributed by atoms with E-state index in [1.54, 1.807) is 12.1 Å². The lowest BCUT2D eigenvalue weighted by atomic mass is 10.2. The number of benzene rings is 1. The first-order valence-corrected chi connectivity index (χ1v) is 5.43. The maximum absolute atomic E-state index is 11.8. The van der Waals surface area contributed by atoms with Gasteiger partial charge in [-0.05, 0) is 19.1 Å². The van der Waals surface area contributed by atoms with Crippen molar-refractivity contribution in [2.75, 3.05) is 19.8 Å². The molecule has 1 heterocycles. The van der Waals surface area contributed by atoms with Crippen molar-refractivity contribution in [1.29, 1.82) is 0 Å². The van der Waals surface area contributed by atoms with Gasteiger partial charge in [0, 0.05) is 6.54 Å². The second kappa shape index (κ2) is 4.99. The van der Waals surface area contributed by atoms with Crippen molar-refractivity contribution < 1.29 is 14.3 Å². The molecule has 0 aliphatic carbocycles. The van der Waals surface area contributed by atoms with Gasteiger partial charge in [0.1, 0.15) is 5.75 Å². The molecule has 1 atom stereocenters. The number of para-hydroxylation sites is 1. The topological polar surface area (TPSA) is 50.9 Å². The number of rotatable bonds is 5. The zero-order chi connectivity index (χ0) is 11.4. The van der Waals surface area contributed by atoms with Crippen LogP contribution in [0.4, 0.5) is 0 Å². The molecule has 2 rings (SSSR count). The minimum Gasteiger partial charge on any atom is -0.493 e. The van der Waals surface area contributed by atoms with E-state index in [0.717, 1.165) is 6.61 Å². The molecule has 1 aliphatic rings. The van der Waals surface area contributed by atoms with E-state index in [4.69, 9.17) is 9.47 Å². The largest absolute Gasteiger partial charge is 0.493 e. The van der Waals surface area contributed by atoms with Gasteiger partial charge >= 0.3 is 0 Å². The summed E-state index contributed by atoms with van der Waals surface area (Å²) in [6.45, 7) is 3.76. The first kappa shape index (κ1) is 11.0. The Morgan fingerprint density at radius 2 is 2.31 bits per heavy atom. The highest BCUT2D eigenvalue weighted by Crippen LogP contribution is 2.18. The molecular weight excluding hydrogens is 206 g/mol. The molecule has 0 saturated carbocycles. The smallest absolute Gasteiger partial charge is 0.255 e. The molecule has 1 amide bonds. The maximum atomic E-state index is 11.8. The Balaban J connectivity index is 2.01. The van der Waals surface area contributed by atoms with Gasteiger partial charge in [-0.1, -0.05) is 12.1 Å². The minimum atomic E-state index is -0.112. The van der Waals surface area contributed by atoms with Crippen LogP contribution in [0, 0.1) is 0 Å². The van der Waals surface area contributed by atoms with Crippen LogP contribution in [0.1, 0.15) is 17.3 Å². The fourth-order valence-electron chi connectivity index (χ4n) is 1.42. The molecule has 1 aromatic rings. The summed E-state index contributed by atoms with van der Waals surface area (Å²) in [6, 6.07) is 7.23. The summed E-state index contributed by atoms with van der Waals surface area (Å²) in [4.78, 5) is 11.8. The molecular formula is C12H15NO3. The van der Waals surface area contributed by atoms with Gasteiger partial charge in [-0.25, -0.2) is 0 Å². The Morgan fingerprint density at radius 3 is 3.00 bits per heavy atom. The number of carbonyl (C=O) groups is 1. The van der Waals surface area contributed by atoms with Gasteiger partial charge < -0.3 is 14.8 Å². The van der Waals surface area contributed by atoms with Crippen LogP contribution in [-0.4, -0.2) is 31.8 Å². The molecule has 4 nitrogen and oxygen atoms in total. The van der Waals surface area contributed by atoms with Crippen molar-refractivity contribution in [3.63, 3.8) is 0 Å². The van der Waals surface area contributed by atoms with Crippen molar-refractivity contribution in [2.24, 2.45) is 0 Å². The van der Waals surface area contributed by atoms with E-state index < -0.39 is 0 Å². The Bertz CT molecular complexity index is 374. The van der Waals surface area contributed by atoms with Crippen LogP contribution in [0.5, 0.6) is 5.75 Å². The molecule has 1 aromatic carbocycles. The highest BCUT2D eigenvalue weighted by molar-refractivity contribution is 5.96. The number of ether oxygens (including phenoxy) is 2. The van der Waals surface area contributed by atoms with Crippen LogP contribution in [0.2, 0.25) is 0 Å². The second-order valence-electron chi connectivity index (χ2n) is 3.59. The van der Waals surface area contributed by atoms with Crippen LogP contribution >= 0.6 is 0 Å². The third-order valence-electron chi connectivity index (χ3n) is 2.32. The first-order valence-electron chi connectivity index (χ1n) is 5.43. The van der Waals surface area contributed by atoms with E-state index in [1.807, 2.05) is 19.1 Å². The van der Waals surface area contributed by atoms with Gasteiger partial charge in [0.25, 0.3) is 5.91 Å². The summed E-state index contributed by atoms with van der Waals surface area (Å²) in [5, 5.41) is 2.82. The van der Waals surface area contributed by atoms with Crippen LogP contribution < -0.4 is 10.1 Å². The summed E-state index contributed by atoms with van der Waals surface area (Å²) >= 11 is 0. The molecule has 1 saturated heterocycles. The summed E-state index contributed by atoms with van der Waals surface area (Å²) in [5.74, 6) is 0.513. The van der Waals surface area contributed by atoms with Gasteiger partial charge in [0.05, 0.1) is 24.9 Å². The maximum Gasteiger partial charge on any atom is 0.255 e. The van der Waals surface area contributed by atoms with Crippen LogP contribution in [0.15, 0.2) is 24.3 Å². The third kappa shape index (κ3) is 2.73. The summed E-state index contributed by atoms with van der Waals surface area (Å²) in [6.07, 6.45) is 0.197. The van der Waals surface area contributed by atoms with E-state index in [9.17, 15) is 4.79 Å². The van der Waals surface area contributed by atoms with Crippen molar-refractivity contribution in [1.82, 2.24) is 5.32 Å². The highest BCUT2D eigenvalue weighted by atomic mass is 16.6. The van der Waals surface area contributed by atoms with Gasteiger partial charge in [0.2, 0.25) is 0 Å². The molecule has 1 fully saturated rings. The lowest BCUT2D eigenvalue weighted by molar-refractivity contribution is 0.0946. The van der Waals surface area contributed by atoms with Crippen molar-refractivity contribution in [2.45, 2.75) is 13.0 Å². The average Bonchev–Trinajstić information content (AvgIpc) is 3.11. The minimum absolute atomic E-state index is 0.112. The van der Waals surface area contributed by atoms with Crippen molar-refractivity contribution >= 4 is 5.91 Å². The van der Waals surface area contributed by atoms with Gasteiger partial charge in [-0.2, -0.15) is 0 Å². The first-order chi connectivity index (χ1) is 7.81. The average molecular weight is 221 g/mol. The number of nitrogens with one attached hydrogen (secondary N) is 1. The normalized spacial score (nSPS) is 17.9. The third-order valence-corrected chi connectivity index (χ3v) is 2.32. The monoisotopic (exact) mass is 221 g/mol. The standard InChI is InChI=1S/C12H15NO3/c1-2-15-11-6-4-3-5-10(11)12(14)13-7-9-8-16-9/h3-6,9H,2,7-8H2,1H3,(H,13,14)/t9-/m1/s1. The highest BCUT2D eigenvalue weighted by Gasteiger charge is 2.23. The van der Waals surface area contributed by atoms with E-state index in [-0.39, 0.29) is 12.0 Å². The van der Waals surface area contributed by atoms with Gasteiger partial charge in [0.15, 0.2) is 0 Å². The van der Waals surface area contributed by atoms with Crippen LogP contribution in [0.3, 0.4) is 0 Å². The second-order valence-corrected chi connectivity index (χ2v) is 3.59. The molecule has 0 radical (unpaired) electrons. The zero-order valence-electron chi connectivity index (χ0n) is 9.23. The Hall–Kier alpha value is -1.55. The number of epoxide rings is 1. The Morgan fingerprint density at radius 1 is 1.56 bits per heavy atom. The van der Waals surface area contributed by atoms with Crippen molar-refractivity contribution in [3.8, 4) is 5.75 Å². The number of carbonyl (C=O) groups excluding carboxylic acids is 1. The predicted molar refractivity (Wildman–Crippen MR) is 59.7 cm³/mol. The molecule has 0 aromatic heterocycles. The van der Waals surface area contributed by atoms with Crippen LogP contribution in [-0.2, 0) is 4.74 Å². The molecule has 4 heteroatoms. The zero-order valence-corrected chi connectivity index (χ0v) is 9.23. The predicted octanol–water partition coefficient (Wildman–Crippen LogP) is 1.21. The number of hydrogen-bond donors (Lipinski definition) is 1. The fourth-order valence-corrected chi connectivity index (χ4v) is 1.42. The van der Waals surface area contributed by atoms with Crippen molar-refractivity contribution in [3.05, 3.63) is 29.8 Å². The summed E-state index contributed by atoms with van der Waals surface area (Å²) in [5.41, 5.74) is 0.574. The van der Waals surface area contributed by atoms with E-state index in [1.165, 1.54) is 0 Å². The quantitative estimate of drug-likeness (QED) is 0.760. The molecule has 1 N–H and O–H groups in total. The van der Waals surface area contributed by atoms with E-state index in [2.05, 4.69) is 5.32 Å². The Labute approximate surface area is 94.6 Å². The summed E-state index contributed by atoms with van der Waals surface area (Å²) in [7, 11) is 0. The van der Waals surface area contributed by atoms with Crippen LogP contribution in [0.25, 0.3) is 0 Å². The molecule has 1 aliphatic heterocycles. The van der Waals surface area contributed by atoms with Gasteiger partial charge in [-0.15, -0.1) is 0 Å². The van der Waals surface area contributed by atoms with E-state index in [0.29, 0.717) is 24.5 Å². The molecule has 16 heavy (non-hydrogen) atoms. The fraction of sp³-hybridized carbons (Fsp3) is 0.417. The molecule has 86 valence electrons. The lowest BCUT2D eigenvalue weighted by Crippen LogP contribution is -2.27. The summed E-state index contributed by atoms with van der Waals surface area (Å²) < 4.78 is 10.4. The SMILES string of the molecule is CCOc1ccccc1C(=O)NC[C@@H]1CO1. The number of amides is 1.